The van der Waals surface area contributed by atoms with Crippen molar-refractivity contribution >= 4 is 0 Å². The Balaban J connectivity index is 2.34. The highest BCUT2D eigenvalue weighted by molar-refractivity contribution is 5.28. The molecule has 2 rings (SSSR count). The SMILES string of the molecule is Cc1cc(F)cc(C2(O)CCCOC2)c1. The third-order valence-corrected chi connectivity index (χ3v) is 2.80. The summed E-state index contributed by atoms with van der Waals surface area (Å²) in [6.07, 6.45) is 1.45. The number of hydrogen-bond donors (Lipinski definition) is 1. The van der Waals surface area contributed by atoms with Gasteiger partial charge < -0.3 is 9.84 Å². The summed E-state index contributed by atoms with van der Waals surface area (Å²) in [6.45, 7) is 2.76. The van der Waals surface area contributed by atoms with Gasteiger partial charge in [-0.1, -0.05) is 6.07 Å². The first-order valence-electron chi connectivity index (χ1n) is 5.18. The molecule has 0 radical (unpaired) electrons. The molecule has 1 unspecified atom stereocenters. The number of aryl methyl sites for hydroxylation is 1. The molecule has 0 aliphatic carbocycles. The van der Waals surface area contributed by atoms with E-state index in [0.29, 0.717) is 18.6 Å². The molecule has 0 saturated carbocycles. The van der Waals surface area contributed by atoms with Crippen molar-refractivity contribution in [2.24, 2.45) is 0 Å². The van der Waals surface area contributed by atoms with Gasteiger partial charge in [-0.2, -0.15) is 0 Å². The molecule has 0 bridgehead atoms. The second-order valence-corrected chi connectivity index (χ2v) is 4.20. The lowest BCUT2D eigenvalue weighted by molar-refractivity contribution is -0.0904. The Kier molecular flexibility index (Phi) is 2.76. The molecule has 0 spiro atoms. The lowest BCUT2D eigenvalue weighted by Gasteiger charge is -2.32. The summed E-state index contributed by atoms with van der Waals surface area (Å²) in [5, 5.41) is 10.3. The van der Waals surface area contributed by atoms with Crippen LogP contribution in [-0.2, 0) is 10.3 Å². The topological polar surface area (TPSA) is 29.5 Å². The van der Waals surface area contributed by atoms with Crippen molar-refractivity contribution in [1.82, 2.24) is 0 Å². The summed E-state index contributed by atoms with van der Waals surface area (Å²) in [6, 6.07) is 4.66. The van der Waals surface area contributed by atoms with E-state index >= 15 is 0 Å². The highest BCUT2D eigenvalue weighted by Crippen LogP contribution is 2.31. The third kappa shape index (κ3) is 2.19. The molecular formula is C12H15FO2. The number of hydrogen-bond acceptors (Lipinski definition) is 2. The first-order chi connectivity index (χ1) is 7.10. The minimum Gasteiger partial charge on any atom is -0.383 e. The van der Waals surface area contributed by atoms with Crippen molar-refractivity contribution in [3.05, 3.63) is 35.1 Å². The normalized spacial score (nSPS) is 26.6. The van der Waals surface area contributed by atoms with Crippen molar-refractivity contribution in [3.63, 3.8) is 0 Å². The van der Waals surface area contributed by atoms with Gasteiger partial charge in [-0.15, -0.1) is 0 Å². The van der Waals surface area contributed by atoms with Crippen LogP contribution in [0.4, 0.5) is 4.39 Å². The smallest absolute Gasteiger partial charge is 0.123 e. The third-order valence-electron chi connectivity index (χ3n) is 2.80. The summed E-state index contributed by atoms with van der Waals surface area (Å²) in [7, 11) is 0. The highest BCUT2D eigenvalue weighted by Gasteiger charge is 2.32. The van der Waals surface area contributed by atoms with Crippen LogP contribution in [-0.4, -0.2) is 18.3 Å². The van der Waals surface area contributed by atoms with Gasteiger partial charge in [0.1, 0.15) is 11.4 Å². The van der Waals surface area contributed by atoms with E-state index in [2.05, 4.69) is 0 Å². The lowest BCUT2D eigenvalue weighted by Crippen LogP contribution is -2.35. The van der Waals surface area contributed by atoms with Crippen molar-refractivity contribution in [2.45, 2.75) is 25.4 Å². The van der Waals surface area contributed by atoms with Gasteiger partial charge in [0, 0.05) is 6.61 Å². The van der Waals surface area contributed by atoms with Crippen molar-refractivity contribution in [3.8, 4) is 0 Å². The van der Waals surface area contributed by atoms with Crippen LogP contribution in [0.15, 0.2) is 18.2 Å². The van der Waals surface area contributed by atoms with E-state index in [1.807, 2.05) is 13.0 Å². The molecule has 1 heterocycles. The van der Waals surface area contributed by atoms with E-state index in [0.717, 1.165) is 12.0 Å². The molecule has 0 aromatic heterocycles. The number of ether oxygens (including phenoxy) is 1. The lowest BCUT2D eigenvalue weighted by atomic mass is 9.87. The molecule has 1 aromatic carbocycles. The molecule has 1 aromatic rings. The van der Waals surface area contributed by atoms with Gasteiger partial charge in [0.25, 0.3) is 0 Å². The number of aliphatic hydroxyl groups is 1. The van der Waals surface area contributed by atoms with Gasteiger partial charge in [-0.05, 0) is 43.0 Å². The maximum absolute atomic E-state index is 13.2. The minimum absolute atomic E-state index is 0.260. The molecule has 15 heavy (non-hydrogen) atoms. The van der Waals surface area contributed by atoms with Gasteiger partial charge >= 0.3 is 0 Å². The number of halogens is 1. The molecule has 1 saturated heterocycles. The number of benzene rings is 1. The Morgan fingerprint density at radius 3 is 2.80 bits per heavy atom. The van der Waals surface area contributed by atoms with E-state index in [9.17, 15) is 9.50 Å². The van der Waals surface area contributed by atoms with Crippen molar-refractivity contribution < 1.29 is 14.2 Å². The summed E-state index contributed by atoms with van der Waals surface area (Å²) in [5.74, 6) is -0.302. The molecule has 1 aliphatic rings. The van der Waals surface area contributed by atoms with E-state index in [4.69, 9.17) is 4.74 Å². The molecule has 82 valence electrons. The van der Waals surface area contributed by atoms with E-state index < -0.39 is 5.60 Å². The molecule has 1 aliphatic heterocycles. The maximum Gasteiger partial charge on any atom is 0.123 e. The van der Waals surface area contributed by atoms with Crippen molar-refractivity contribution in [1.29, 1.82) is 0 Å². The van der Waals surface area contributed by atoms with Crippen LogP contribution < -0.4 is 0 Å². The zero-order valence-corrected chi connectivity index (χ0v) is 8.79. The predicted octanol–water partition coefficient (Wildman–Crippen LogP) is 2.13. The fraction of sp³-hybridized carbons (Fsp3) is 0.500. The van der Waals surface area contributed by atoms with Gasteiger partial charge in [0.15, 0.2) is 0 Å². The first kappa shape index (κ1) is 10.6. The standard InChI is InChI=1S/C12H15FO2/c1-9-5-10(7-11(13)6-9)12(14)3-2-4-15-8-12/h5-7,14H,2-4,8H2,1H3. The van der Waals surface area contributed by atoms with Crippen molar-refractivity contribution in [2.75, 3.05) is 13.2 Å². The second kappa shape index (κ2) is 3.91. The van der Waals surface area contributed by atoms with Crippen LogP contribution >= 0.6 is 0 Å². The Morgan fingerprint density at radius 2 is 2.20 bits per heavy atom. The van der Waals surface area contributed by atoms with E-state index in [1.54, 1.807) is 0 Å². The van der Waals surface area contributed by atoms with Crippen LogP contribution in [0.25, 0.3) is 0 Å². The van der Waals surface area contributed by atoms with Crippen LogP contribution in [0, 0.1) is 12.7 Å². The zero-order chi connectivity index (χ0) is 10.9. The van der Waals surface area contributed by atoms with Gasteiger partial charge in [0.2, 0.25) is 0 Å². The van der Waals surface area contributed by atoms with Crippen LogP contribution in [0.3, 0.4) is 0 Å². The fourth-order valence-electron chi connectivity index (χ4n) is 2.01. The van der Waals surface area contributed by atoms with E-state index in [1.165, 1.54) is 12.1 Å². The highest BCUT2D eigenvalue weighted by atomic mass is 19.1. The summed E-state index contributed by atoms with van der Waals surface area (Å²) in [4.78, 5) is 0. The quantitative estimate of drug-likeness (QED) is 0.769. The van der Waals surface area contributed by atoms with Gasteiger partial charge in [0.05, 0.1) is 6.61 Å². The van der Waals surface area contributed by atoms with Crippen LogP contribution in [0.5, 0.6) is 0 Å². The van der Waals surface area contributed by atoms with Gasteiger partial charge in [-0.25, -0.2) is 4.39 Å². The molecule has 1 atom stereocenters. The second-order valence-electron chi connectivity index (χ2n) is 4.20. The van der Waals surface area contributed by atoms with Crippen LogP contribution in [0.1, 0.15) is 24.0 Å². The summed E-state index contributed by atoms with van der Waals surface area (Å²) in [5.41, 5.74) is 0.439. The Hall–Kier alpha value is -0.930. The summed E-state index contributed by atoms with van der Waals surface area (Å²) < 4.78 is 18.4. The monoisotopic (exact) mass is 210 g/mol. The molecule has 1 N–H and O–H groups in total. The zero-order valence-electron chi connectivity index (χ0n) is 8.79. The largest absolute Gasteiger partial charge is 0.383 e. The van der Waals surface area contributed by atoms with Crippen LogP contribution in [0.2, 0.25) is 0 Å². The average Bonchev–Trinajstić information content (AvgIpc) is 2.17. The fourth-order valence-corrected chi connectivity index (χ4v) is 2.01. The van der Waals surface area contributed by atoms with E-state index in [-0.39, 0.29) is 12.4 Å². The summed E-state index contributed by atoms with van der Waals surface area (Å²) >= 11 is 0. The molecular weight excluding hydrogens is 195 g/mol. The Bertz CT molecular complexity index is 336. The average molecular weight is 210 g/mol. The Morgan fingerprint density at radius 1 is 1.40 bits per heavy atom. The first-order valence-corrected chi connectivity index (χ1v) is 5.18. The Labute approximate surface area is 88.7 Å². The number of rotatable bonds is 1. The predicted molar refractivity (Wildman–Crippen MR) is 55.1 cm³/mol. The molecule has 1 fully saturated rings. The molecule has 0 amide bonds. The molecule has 3 heteroatoms. The molecule has 2 nitrogen and oxygen atoms in total. The minimum atomic E-state index is -1.01. The maximum atomic E-state index is 13.2. The van der Waals surface area contributed by atoms with Gasteiger partial charge in [-0.3, -0.25) is 0 Å².